The Balaban J connectivity index is 1.36. The third-order valence-electron chi connectivity index (χ3n) is 5.54. The van der Waals surface area contributed by atoms with Gasteiger partial charge in [0.1, 0.15) is 0 Å². The molecule has 1 fully saturated rings. The Morgan fingerprint density at radius 3 is 2.47 bits per heavy atom. The van der Waals surface area contributed by atoms with Crippen LogP contribution in [0.25, 0.3) is 5.69 Å². The van der Waals surface area contributed by atoms with Crippen LogP contribution in [0.3, 0.4) is 0 Å². The zero-order valence-corrected chi connectivity index (χ0v) is 17.9. The van der Waals surface area contributed by atoms with Crippen LogP contribution in [0.2, 0.25) is 5.02 Å². The summed E-state index contributed by atoms with van der Waals surface area (Å²) in [5, 5.41) is 8.50. The summed E-state index contributed by atoms with van der Waals surface area (Å²) in [6.45, 7) is 5.61. The maximum atomic E-state index is 12.7. The van der Waals surface area contributed by atoms with E-state index in [1.807, 2.05) is 48.9 Å². The first-order valence-electron chi connectivity index (χ1n) is 10.1. The molecule has 1 aromatic carbocycles. The maximum absolute atomic E-state index is 12.7. The van der Waals surface area contributed by atoms with E-state index in [9.17, 15) is 4.79 Å². The Labute approximate surface area is 181 Å². The van der Waals surface area contributed by atoms with Gasteiger partial charge in [0.2, 0.25) is 11.9 Å². The van der Waals surface area contributed by atoms with Crippen LogP contribution in [0.15, 0.2) is 42.7 Å². The summed E-state index contributed by atoms with van der Waals surface area (Å²) >= 11 is 5.99. The van der Waals surface area contributed by atoms with Gasteiger partial charge in [0, 0.05) is 47.8 Å². The van der Waals surface area contributed by atoms with Crippen molar-refractivity contribution in [3.8, 4) is 5.69 Å². The zero-order valence-electron chi connectivity index (χ0n) is 17.2. The smallest absolute Gasteiger partial charge is 0.225 e. The van der Waals surface area contributed by atoms with E-state index in [0.29, 0.717) is 11.4 Å². The first kappa shape index (κ1) is 20.3. The van der Waals surface area contributed by atoms with Gasteiger partial charge in [-0.05, 0) is 57.0 Å². The van der Waals surface area contributed by atoms with E-state index >= 15 is 0 Å². The van der Waals surface area contributed by atoms with Gasteiger partial charge >= 0.3 is 0 Å². The molecule has 0 aliphatic carbocycles. The molecule has 0 saturated carbocycles. The highest BCUT2D eigenvalue weighted by Crippen LogP contribution is 2.21. The van der Waals surface area contributed by atoms with Crippen molar-refractivity contribution in [3.63, 3.8) is 0 Å². The van der Waals surface area contributed by atoms with Gasteiger partial charge < -0.3 is 10.2 Å². The molecule has 1 aliphatic rings. The van der Waals surface area contributed by atoms with E-state index in [-0.39, 0.29) is 11.9 Å². The Bertz CT molecular complexity index is 1010. The Morgan fingerprint density at radius 2 is 1.80 bits per heavy atom. The molecule has 30 heavy (non-hydrogen) atoms. The summed E-state index contributed by atoms with van der Waals surface area (Å²) in [4.78, 5) is 23.5. The highest BCUT2D eigenvalue weighted by Gasteiger charge is 2.23. The molecule has 1 amide bonds. The Hall–Kier alpha value is -2.93. The van der Waals surface area contributed by atoms with Crippen molar-refractivity contribution in [2.24, 2.45) is 0 Å². The Kier molecular flexibility index (Phi) is 5.99. The maximum Gasteiger partial charge on any atom is 0.225 e. The fourth-order valence-electron chi connectivity index (χ4n) is 3.88. The number of aryl methyl sites for hydroxylation is 1. The van der Waals surface area contributed by atoms with Crippen molar-refractivity contribution in [2.75, 3.05) is 18.0 Å². The van der Waals surface area contributed by atoms with E-state index in [1.54, 1.807) is 12.4 Å². The van der Waals surface area contributed by atoms with E-state index in [0.717, 1.165) is 54.5 Å². The quantitative estimate of drug-likeness (QED) is 0.680. The molecule has 3 aromatic rings. The van der Waals surface area contributed by atoms with Crippen LogP contribution in [-0.2, 0) is 11.2 Å². The summed E-state index contributed by atoms with van der Waals surface area (Å²) < 4.78 is 1.87. The van der Waals surface area contributed by atoms with Crippen molar-refractivity contribution in [2.45, 2.75) is 39.2 Å². The molecule has 0 spiro atoms. The van der Waals surface area contributed by atoms with Crippen molar-refractivity contribution >= 4 is 23.5 Å². The number of rotatable bonds is 5. The fraction of sp³-hybridized carbons (Fsp3) is 0.364. The third kappa shape index (κ3) is 4.46. The fourth-order valence-corrected chi connectivity index (χ4v) is 4.01. The number of piperidine rings is 1. The number of hydrogen-bond donors (Lipinski definition) is 1. The largest absolute Gasteiger partial charge is 0.353 e. The van der Waals surface area contributed by atoms with Gasteiger partial charge in [-0.3, -0.25) is 4.79 Å². The standard InChI is InChI=1S/C22H25ClN6O/c1-15-20(16(2)29(27-15)19-6-4-17(23)5-7-19)14-21(30)26-18-8-12-28(13-9-18)22-24-10-3-11-25-22/h3-7,10-11,18H,8-9,12-14H2,1-2H3,(H,26,30). The minimum Gasteiger partial charge on any atom is -0.353 e. The van der Waals surface area contributed by atoms with Crippen molar-refractivity contribution in [1.29, 1.82) is 0 Å². The van der Waals surface area contributed by atoms with Gasteiger partial charge in [0.25, 0.3) is 0 Å². The van der Waals surface area contributed by atoms with Gasteiger partial charge in [-0.25, -0.2) is 14.6 Å². The molecule has 0 radical (unpaired) electrons. The summed E-state index contributed by atoms with van der Waals surface area (Å²) in [6.07, 6.45) is 5.60. The molecule has 7 nitrogen and oxygen atoms in total. The van der Waals surface area contributed by atoms with Crippen molar-refractivity contribution < 1.29 is 4.79 Å². The van der Waals surface area contributed by atoms with Gasteiger partial charge in [0.05, 0.1) is 17.8 Å². The first-order valence-corrected chi connectivity index (χ1v) is 10.5. The molecule has 1 aliphatic heterocycles. The monoisotopic (exact) mass is 424 g/mol. The topological polar surface area (TPSA) is 75.9 Å². The normalized spacial score (nSPS) is 14.7. The lowest BCUT2D eigenvalue weighted by Crippen LogP contribution is -2.45. The second-order valence-corrected chi connectivity index (χ2v) is 8.03. The molecule has 2 aromatic heterocycles. The second-order valence-electron chi connectivity index (χ2n) is 7.59. The third-order valence-corrected chi connectivity index (χ3v) is 5.80. The molecule has 0 bridgehead atoms. The number of hydrogen-bond acceptors (Lipinski definition) is 5. The first-order chi connectivity index (χ1) is 14.5. The van der Waals surface area contributed by atoms with Crippen LogP contribution >= 0.6 is 11.6 Å². The molecule has 1 saturated heterocycles. The van der Waals surface area contributed by atoms with Crippen LogP contribution < -0.4 is 10.2 Å². The number of nitrogens with one attached hydrogen (secondary N) is 1. The number of nitrogens with zero attached hydrogens (tertiary/aromatic N) is 5. The molecule has 156 valence electrons. The van der Waals surface area contributed by atoms with Gasteiger partial charge in [0.15, 0.2) is 0 Å². The molecule has 3 heterocycles. The average Bonchev–Trinajstić information content (AvgIpc) is 3.04. The van der Waals surface area contributed by atoms with Crippen LogP contribution in [0.4, 0.5) is 5.95 Å². The minimum absolute atomic E-state index is 0.0336. The second kappa shape index (κ2) is 8.83. The van der Waals surface area contributed by atoms with Gasteiger partial charge in [-0.1, -0.05) is 11.6 Å². The number of halogens is 1. The average molecular weight is 425 g/mol. The van der Waals surface area contributed by atoms with E-state index in [1.165, 1.54) is 0 Å². The number of carbonyl (C=O) groups excluding carboxylic acids is 1. The number of amides is 1. The number of aromatic nitrogens is 4. The lowest BCUT2D eigenvalue weighted by molar-refractivity contribution is -0.121. The molecular weight excluding hydrogens is 400 g/mol. The van der Waals surface area contributed by atoms with Crippen LogP contribution in [-0.4, -0.2) is 44.8 Å². The predicted octanol–water partition coefficient (Wildman–Crippen LogP) is 3.26. The lowest BCUT2D eigenvalue weighted by Gasteiger charge is -2.32. The van der Waals surface area contributed by atoms with Crippen molar-refractivity contribution in [3.05, 3.63) is 64.7 Å². The number of benzene rings is 1. The van der Waals surface area contributed by atoms with Crippen molar-refractivity contribution in [1.82, 2.24) is 25.1 Å². The zero-order chi connectivity index (χ0) is 21.1. The van der Waals surface area contributed by atoms with Gasteiger partial charge in [-0.15, -0.1) is 0 Å². The highest BCUT2D eigenvalue weighted by molar-refractivity contribution is 6.30. The van der Waals surface area contributed by atoms with Crippen LogP contribution in [0.5, 0.6) is 0 Å². The molecule has 4 rings (SSSR count). The lowest BCUT2D eigenvalue weighted by atomic mass is 10.0. The number of anilines is 1. The molecule has 1 N–H and O–H groups in total. The SMILES string of the molecule is Cc1nn(-c2ccc(Cl)cc2)c(C)c1CC(=O)NC1CCN(c2ncccn2)CC1. The Morgan fingerprint density at radius 1 is 1.13 bits per heavy atom. The molecule has 0 unspecified atom stereocenters. The summed E-state index contributed by atoms with van der Waals surface area (Å²) in [6, 6.07) is 9.52. The molecular formula is C22H25ClN6O. The van der Waals surface area contributed by atoms with Crippen LogP contribution in [0, 0.1) is 13.8 Å². The number of carbonyl (C=O) groups is 1. The van der Waals surface area contributed by atoms with E-state index < -0.39 is 0 Å². The summed E-state index contributed by atoms with van der Waals surface area (Å²) in [5.41, 5.74) is 3.74. The van der Waals surface area contributed by atoms with E-state index in [4.69, 9.17) is 11.6 Å². The minimum atomic E-state index is 0.0336. The highest BCUT2D eigenvalue weighted by atomic mass is 35.5. The van der Waals surface area contributed by atoms with E-state index in [2.05, 4.69) is 25.3 Å². The van der Waals surface area contributed by atoms with Gasteiger partial charge in [-0.2, -0.15) is 5.10 Å². The van der Waals surface area contributed by atoms with Crippen LogP contribution in [0.1, 0.15) is 29.8 Å². The molecule has 8 heteroatoms. The predicted molar refractivity (Wildman–Crippen MR) is 117 cm³/mol. The molecule has 0 atom stereocenters. The summed E-state index contributed by atoms with van der Waals surface area (Å²) in [7, 11) is 0. The summed E-state index contributed by atoms with van der Waals surface area (Å²) in [5.74, 6) is 0.786.